The molecule has 0 aromatic heterocycles. The molecule has 0 aliphatic carbocycles. The van der Waals surface area contributed by atoms with Crippen LogP contribution < -0.4 is 5.84 Å². The molecule has 0 heterocycles. The van der Waals surface area contributed by atoms with Crippen molar-refractivity contribution in [3.05, 3.63) is 35.4 Å². The van der Waals surface area contributed by atoms with Crippen molar-refractivity contribution in [2.75, 3.05) is 6.61 Å². The highest BCUT2D eigenvalue weighted by Gasteiger charge is 2.26. The molecular weight excluding hydrogens is 284 g/mol. The molecule has 1 aromatic carbocycles. The molecule has 0 fully saturated rings. The fraction of sp³-hybridized carbons (Fsp3) is 0.500. The molecule has 1 amide bonds. The number of hydrogen-bond acceptors (Lipinski definition) is 5. The van der Waals surface area contributed by atoms with Crippen LogP contribution in [0.5, 0.6) is 0 Å². The van der Waals surface area contributed by atoms with Crippen molar-refractivity contribution in [2.24, 2.45) is 5.84 Å². The summed E-state index contributed by atoms with van der Waals surface area (Å²) in [7, 11) is 0. The van der Waals surface area contributed by atoms with Crippen LogP contribution in [0.25, 0.3) is 0 Å². The van der Waals surface area contributed by atoms with Crippen LogP contribution in [0.15, 0.2) is 24.3 Å². The second kappa shape index (κ2) is 7.26. The zero-order chi connectivity index (χ0) is 16.9. The highest BCUT2D eigenvalue weighted by molar-refractivity contribution is 5.89. The molecule has 22 heavy (non-hydrogen) atoms. The fourth-order valence-electron chi connectivity index (χ4n) is 1.65. The summed E-state index contributed by atoms with van der Waals surface area (Å²) in [6, 6.07) is 6.73. The van der Waals surface area contributed by atoms with Gasteiger partial charge < -0.3 is 9.47 Å². The third-order valence-electron chi connectivity index (χ3n) is 3.09. The highest BCUT2D eigenvalue weighted by atomic mass is 16.6. The number of carbonyl (C=O) groups is 2. The maximum absolute atomic E-state index is 11.9. The van der Waals surface area contributed by atoms with E-state index < -0.39 is 17.7 Å². The van der Waals surface area contributed by atoms with Crippen molar-refractivity contribution >= 4 is 12.1 Å². The molecular formula is C16H24N2O4. The summed E-state index contributed by atoms with van der Waals surface area (Å²) >= 11 is 0. The monoisotopic (exact) mass is 308 g/mol. The molecule has 0 bridgehead atoms. The molecule has 0 aliphatic heterocycles. The van der Waals surface area contributed by atoms with Crippen molar-refractivity contribution in [1.29, 1.82) is 0 Å². The Morgan fingerprint density at radius 1 is 1.23 bits per heavy atom. The van der Waals surface area contributed by atoms with Gasteiger partial charge in [0.15, 0.2) is 0 Å². The third-order valence-corrected chi connectivity index (χ3v) is 3.09. The van der Waals surface area contributed by atoms with E-state index in [1.54, 1.807) is 38.1 Å². The molecule has 1 unspecified atom stereocenters. The van der Waals surface area contributed by atoms with Gasteiger partial charge in [-0.1, -0.05) is 12.1 Å². The quantitative estimate of drug-likeness (QED) is 0.400. The molecule has 6 nitrogen and oxygen atoms in total. The van der Waals surface area contributed by atoms with E-state index in [9.17, 15) is 9.59 Å². The minimum Gasteiger partial charge on any atom is -0.462 e. The van der Waals surface area contributed by atoms with Gasteiger partial charge in [-0.05, 0) is 52.3 Å². The highest BCUT2D eigenvalue weighted by Crippen LogP contribution is 2.20. The number of amides is 1. The number of carbonyl (C=O) groups excluding carboxylic acids is 2. The number of nitrogens with two attached hydrogens (primary N) is 1. The van der Waals surface area contributed by atoms with E-state index in [2.05, 4.69) is 0 Å². The topological polar surface area (TPSA) is 81.9 Å². The first-order valence-corrected chi connectivity index (χ1v) is 7.19. The van der Waals surface area contributed by atoms with Crippen LogP contribution in [-0.4, -0.2) is 29.2 Å². The van der Waals surface area contributed by atoms with Crippen molar-refractivity contribution in [3.63, 3.8) is 0 Å². The van der Waals surface area contributed by atoms with Gasteiger partial charge in [0.1, 0.15) is 6.10 Å². The zero-order valence-corrected chi connectivity index (χ0v) is 13.8. The van der Waals surface area contributed by atoms with Crippen LogP contribution in [0.3, 0.4) is 0 Å². The predicted octanol–water partition coefficient (Wildman–Crippen LogP) is 3.04. The second-order valence-corrected chi connectivity index (χ2v) is 5.91. The van der Waals surface area contributed by atoms with Gasteiger partial charge in [-0.3, -0.25) is 0 Å². The first kappa shape index (κ1) is 18.0. The lowest BCUT2D eigenvalue weighted by Gasteiger charge is -2.31. The number of hydrazine groups is 1. The van der Waals surface area contributed by atoms with E-state index in [0.717, 1.165) is 10.6 Å². The van der Waals surface area contributed by atoms with Gasteiger partial charge >= 0.3 is 12.1 Å². The lowest BCUT2D eigenvalue weighted by molar-refractivity contribution is 0.0418. The molecule has 0 aliphatic rings. The molecule has 122 valence electrons. The Morgan fingerprint density at radius 3 is 2.23 bits per heavy atom. The van der Waals surface area contributed by atoms with Crippen molar-refractivity contribution < 1.29 is 19.1 Å². The second-order valence-electron chi connectivity index (χ2n) is 5.91. The Hall–Kier alpha value is -2.08. The van der Waals surface area contributed by atoms with Crippen molar-refractivity contribution in [1.82, 2.24) is 5.01 Å². The Bertz CT molecular complexity index is 520. The molecule has 1 atom stereocenters. The summed E-state index contributed by atoms with van der Waals surface area (Å²) in [4.78, 5) is 23.5. The van der Waals surface area contributed by atoms with Crippen LogP contribution in [0.1, 0.15) is 56.6 Å². The maximum Gasteiger partial charge on any atom is 0.425 e. The van der Waals surface area contributed by atoms with E-state index in [1.165, 1.54) is 0 Å². The van der Waals surface area contributed by atoms with Crippen LogP contribution in [0, 0.1) is 0 Å². The van der Waals surface area contributed by atoms with Crippen LogP contribution >= 0.6 is 0 Å². The normalized spacial score (nSPS) is 12.5. The van der Waals surface area contributed by atoms with E-state index in [0.29, 0.717) is 12.2 Å². The van der Waals surface area contributed by atoms with Gasteiger partial charge in [0.05, 0.1) is 17.7 Å². The lowest BCUT2D eigenvalue weighted by Crippen LogP contribution is -2.50. The fourth-order valence-corrected chi connectivity index (χ4v) is 1.65. The first-order valence-electron chi connectivity index (χ1n) is 7.19. The third kappa shape index (κ3) is 4.73. The average Bonchev–Trinajstić information content (AvgIpc) is 2.45. The molecule has 0 saturated heterocycles. The summed E-state index contributed by atoms with van der Waals surface area (Å²) in [5.74, 6) is 5.34. The standard InChI is InChI=1S/C16H24N2O4/c1-6-21-14(19)13-9-7-12(8-10-13)11(2)22-15(20)18(17)16(3,4)5/h7-11H,6,17H2,1-5H3. The number of nitrogens with zero attached hydrogens (tertiary/aromatic N) is 1. The maximum atomic E-state index is 11.9. The number of hydrogen-bond donors (Lipinski definition) is 1. The summed E-state index contributed by atoms with van der Waals surface area (Å²) in [5.41, 5.74) is 0.702. The minimum absolute atomic E-state index is 0.327. The van der Waals surface area contributed by atoms with Crippen LogP contribution in [-0.2, 0) is 9.47 Å². The molecule has 2 N–H and O–H groups in total. The van der Waals surface area contributed by atoms with E-state index in [-0.39, 0.29) is 5.97 Å². The SMILES string of the molecule is CCOC(=O)c1ccc(C(C)OC(=O)N(N)C(C)(C)C)cc1. The number of ether oxygens (including phenoxy) is 2. The van der Waals surface area contributed by atoms with E-state index in [4.69, 9.17) is 15.3 Å². The summed E-state index contributed by atoms with van der Waals surface area (Å²) in [6.45, 7) is 9.26. The Balaban J connectivity index is 2.72. The Labute approximate surface area is 131 Å². The van der Waals surface area contributed by atoms with E-state index >= 15 is 0 Å². The minimum atomic E-state index is -0.602. The van der Waals surface area contributed by atoms with Gasteiger partial charge in [-0.15, -0.1) is 0 Å². The van der Waals surface area contributed by atoms with Gasteiger partial charge in [0.25, 0.3) is 0 Å². The van der Waals surface area contributed by atoms with Crippen molar-refractivity contribution in [2.45, 2.75) is 46.3 Å². The molecule has 1 aromatic rings. The number of esters is 1. The van der Waals surface area contributed by atoms with Gasteiger partial charge in [-0.25, -0.2) is 20.4 Å². The zero-order valence-electron chi connectivity index (χ0n) is 13.8. The molecule has 6 heteroatoms. The smallest absolute Gasteiger partial charge is 0.425 e. The largest absolute Gasteiger partial charge is 0.462 e. The summed E-state index contributed by atoms with van der Waals surface area (Å²) in [5, 5.41) is 1.05. The number of rotatable bonds is 4. The van der Waals surface area contributed by atoms with Crippen LogP contribution in [0.2, 0.25) is 0 Å². The van der Waals surface area contributed by atoms with Gasteiger partial charge in [0.2, 0.25) is 0 Å². The van der Waals surface area contributed by atoms with Gasteiger partial charge in [0, 0.05) is 0 Å². The summed E-state index contributed by atoms with van der Waals surface area (Å²) < 4.78 is 10.2. The molecule has 0 radical (unpaired) electrons. The molecule has 0 saturated carbocycles. The first-order chi connectivity index (χ1) is 10.2. The van der Waals surface area contributed by atoms with Gasteiger partial charge in [-0.2, -0.15) is 0 Å². The predicted molar refractivity (Wildman–Crippen MR) is 83.1 cm³/mol. The average molecular weight is 308 g/mol. The van der Waals surface area contributed by atoms with E-state index in [1.807, 2.05) is 20.8 Å². The van der Waals surface area contributed by atoms with Crippen molar-refractivity contribution in [3.8, 4) is 0 Å². The van der Waals surface area contributed by atoms with Crippen LogP contribution in [0.4, 0.5) is 4.79 Å². The lowest BCUT2D eigenvalue weighted by atomic mass is 10.1. The molecule has 0 spiro atoms. The molecule has 1 rings (SSSR count). The Morgan fingerprint density at radius 2 is 1.77 bits per heavy atom. The Kier molecular flexibility index (Phi) is 5.93. The number of benzene rings is 1. The summed E-state index contributed by atoms with van der Waals surface area (Å²) in [6.07, 6.45) is -1.08.